The molecule has 0 bridgehead atoms. The van der Waals surface area contributed by atoms with Crippen LogP contribution in [0, 0.1) is 0 Å². The molecule has 0 aliphatic carbocycles. The summed E-state index contributed by atoms with van der Waals surface area (Å²) in [7, 11) is 0. The molecule has 0 unspecified atom stereocenters. The molecule has 150 valence electrons. The van der Waals surface area contributed by atoms with E-state index in [2.05, 4.69) is 25.7 Å². The van der Waals surface area contributed by atoms with Crippen molar-refractivity contribution in [1.29, 1.82) is 0 Å². The Bertz CT molecular complexity index is 1010. The first kappa shape index (κ1) is 19.9. The molecular formula is C19H17Cl2N5O2S. The monoisotopic (exact) mass is 449 g/mol. The number of morpholine rings is 1. The average molecular weight is 450 g/mol. The normalized spacial score (nSPS) is 13.9. The summed E-state index contributed by atoms with van der Waals surface area (Å²) in [5, 5.41) is 14.3. The SMILES string of the molecule is O=C(Nc1ccc(Nc2cc(N3CCOCC3)cnn2)cc1)c1cc(Cl)sc1Cl. The molecule has 2 aromatic heterocycles. The van der Waals surface area contributed by atoms with E-state index in [1.807, 2.05) is 18.2 Å². The van der Waals surface area contributed by atoms with Gasteiger partial charge in [-0.2, -0.15) is 5.10 Å². The molecule has 1 saturated heterocycles. The number of halogens is 2. The molecule has 7 nitrogen and oxygen atoms in total. The summed E-state index contributed by atoms with van der Waals surface area (Å²) in [6.07, 6.45) is 1.75. The number of rotatable bonds is 5. The maximum atomic E-state index is 12.3. The van der Waals surface area contributed by atoms with Gasteiger partial charge in [-0.05, 0) is 30.3 Å². The van der Waals surface area contributed by atoms with Gasteiger partial charge in [0, 0.05) is 30.5 Å². The molecule has 0 spiro atoms. The molecular weight excluding hydrogens is 433 g/mol. The maximum Gasteiger partial charge on any atom is 0.258 e. The summed E-state index contributed by atoms with van der Waals surface area (Å²) in [6, 6.07) is 10.8. The third-order valence-corrected chi connectivity index (χ3v) is 5.82. The van der Waals surface area contributed by atoms with Gasteiger partial charge in [0.15, 0.2) is 5.82 Å². The first-order chi connectivity index (χ1) is 14.1. The van der Waals surface area contributed by atoms with Crippen LogP contribution in [0.2, 0.25) is 8.67 Å². The minimum Gasteiger partial charge on any atom is -0.378 e. The highest BCUT2D eigenvalue weighted by Gasteiger charge is 2.15. The Morgan fingerprint density at radius 2 is 1.83 bits per heavy atom. The highest BCUT2D eigenvalue weighted by Crippen LogP contribution is 2.31. The minimum absolute atomic E-state index is 0.303. The number of hydrogen-bond acceptors (Lipinski definition) is 7. The number of benzene rings is 1. The van der Waals surface area contributed by atoms with E-state index in [0.717, 1.165) is 35.8 Å². The van der Waals surface area contributed by atoms with E-state index in [1.54, 1.807) is 24.4 Å². The van der Waals surface area contributed by atoms with Gasteiger partial charge in [-0.3, -0.25) is 4.79 Å². The second-order valence-corrected chi connectivity index (χ2v) is 8.58. The van der Waals surface area contributed by atoms with Gasteiger partial charge in [-0.15, -0.1) is 16.4 Å². The molecule has 1 fully saturated rings. The number of amides is 1. The lowest BCUT2D eigenvalue weighted by Crippen LogP contribution is -2.36. The van der Waals surface area contributed by atoms with E-state index in [1.165, 1.54) is 0 Å². The second kappa shape index (κ2) is 8.96. The minimum atomic E-state index is -0.303. The van der Waals surface area contributed by atoms with Gasteiger partial charge < -0.3 is 20.3 Å². The summed E-state index contributed by atoms with van der Waals surface area (Å²) < 4.78 is 6.22. The third kappa shape index (κ3) is 4.97. The van der Waals surface area contributed by atoms with Crippen molar-refractivity contribution in [2.75, 3.05) is 41.8 Å². The number of hydrogen-bond donors (Lipinski definition) is 2. The quantitative estimate of drug-likeness (QED) is 0.588. The van der Waals surface area contributed by atoms with E-state index in [4.69, 9.17) is 27.9 Å². The van der Waals surface area contributed by atoms with Crippen molar-refractivity contribution in [2.24, 2.45) is 0 Å². The van der Waals surface area contributed by atoms with Crippen molar-refractivity contribution in [2.45, 2.75) is 0 Å². The Labute approximate surface area is 181 Å². The summed E-state index contributed by atoms with van der Waals surface area (Å²) in [5.41, 5.74) is 2.83. The van der Waals surface area contributed by atoms with E-state index >= 15 is 0 Å². The van der Waals surface area contributed by atoms with Gasteiger partial charge in [0.2, 0.25) is 0 Å². The first-order valence-electron chi connectivity index (χ1n) is 8.87. The van der Waals surface area contributed by atoms with Crippen LogP contribution in [-0.2, 0) is 4.74 Å². The molecule has 0 atom stereocenters. The van der Waals surface area contributed by atoms with Crippen LogP contribution in [0.1, 0.15) is 10.4 Å². The summed E-state index contributed by atoms with van der Waals surface area (Å²) >= 11 is 13.1. The van der Waals surface area contributed by atoms with Crippen molar-refractivity contribution in [3.8, 4) is 0 Å². The number of thiophene rings is 1. The summed E-state index contributed by atoms with van der Waals surface area (Å²) in [5.74, 6) is 0.341. The molecule has 1 aliphatic rings. The van der Waals surface area contributed by atoms with Gasteiger partial charge in [0.05, 0.1) is 35.0 Å². The standard InChI is InChI=1S/C19H17Cl2N5O2S/c20-16-10-15(18(21)29-16)19(27)24-13-3-1-12(2-4-13)23-17-9-14(11-22-25-17)26-5-7-28-8-6-26/h1-4,9-11H,5-8H2,(H,23,25)(H,24,27). The zero-order valence-electron chi connectivity index (χ0n) is 15.2. The fourth-order valence-electron chi connectivity index (χ4n) is 2.89. The van der Waals surface area contributed by atoms with Crippen LogP contribution in [0.5, 0.6) is 0 Å². The molecule has 29 heavy (non-hydrogen) atoms. The highest BCUT2D eigenvalue weighted by molar-refractivity contribution is 7.20. The zero-order valence-corrected chi connectivity index (χ0v) is 17.5. The lowest BCUT2D eigenvalue weighted by Gasteiger charge is -2.28. The molecule has 1 aromatic carbocycles. The largest absolute Gasteiger partial charge is 0.378 e. The molecule has 10 heteroatoms. The Morgan fingerprint density at radius 1 is 1.10 bits per heavy atom. The van der Waals surface area contributed by atoms with E-state index in [0.29, 0.717) is 39.0 Å². The van der Waals surface area contributed by atoms with E-state index in [9.17, 15) is 4.79 Å². The van der Waals surface area contributed by atoms with Crippen molar-refractivity contribution in [3.63, 3.8) is 0 Å². The number of carbonyl (C=O) groups excluding carboxylic acids is 1. The molecule has 2 N–H and O–H groups in total. The van der Waals surface area contributed by atoms with Gasteiger partial charge >= 0.3 is 0 Å². The van der Waals surface area contributed by atoms with Crippen LogP contribution >= 0.6 is 34.5 Å². The Balaban J connectivity index is 1.40. The Morgan fingerprint density at radius 3 is 2.52 bits per heavy atom. The van der Waals surface area contributed by atoms with Crippen molar-refractivity contribution < 1.29 is 9.53 Å². The number of carbonyl (C=O) groups is 1. The smallest absolute Gasteiger partial charge is 0.258 e. The predicted molar refractivity (Wildman–Crippen MR) is 117 cm³/mol. The average Bonchev–Trinajstić information content (AvgIpc) is 3.08. The van der Waals surface area contributed by atoms with Gasteiger partial charge in [-0.25, -0.2) is 0 Å². The third-order valence-electron chi connectivity index (χ3n) is 4.33. The Hall–Kier alpha value is -2.39. The lowest BCUT2D eigenvalue weighted by molar-refractivity contribution is 0.102. The van der Waals surface area contributed by atoms with Crippen LogP contribution in [-0.4, -0.2) is 42.4 Å². The van der Waals surface area contributed by atoms with E-state index < -0.39 is 0 Å². The molecule has 0 saturated carbocycles. The fraction of sp³-hybridized carbons (Fsp3) is 0.211. The highest BCUT2D eigenvalue weighted by atomic mass is 35.5. The number of ether oxygens (including phenoxy) is 1. The fourth-order valence-corrected chi connectivity index (χ4v) is 4.35. The molecule has 0 radical (unpaired) electrons. The number of aromatic nitrogens is 2. The predicted octanol–water partition coefficient (Wildman–Crippen LogP) is 4.68. The van der Waals surface area contributed by atoms with Crippen LogP contribution in [0.25, 0.3) is 0 Å². The number of nitrogens with zero attached hydrogens (tertiary/aromatic N) is 3. The molecule has 1 aliphatic heterocycles. The summed E-state index contributed by atoms with van der Waals surface area (Å²) in [4.78, 5) is 14.5. The first-order valence-corrected chi connectivity index (χ1v) is 10.4. The molecule has 3 heterocycles. The summed E-state index contributed by atoms with van der Waals surface area (Å²) in [6.45, 7) is 3.08. The van der Waals surface area contributed by atoms with Crippen molar-refractivity contribution in [3.05, 3.63) is 56.8 Å². The van der Waals surface area contributed by atoms with Crippen molar-refractivity contribution in [1.82, 2.24) is 10.2 Å². The van der Waals surface area contributed by atoms with Gasteiger partial charge in [0.1, 0.15) is 4.34 Å². The molecule has 4 rings (SSSR count). The number of nitrogens with one attached hydrogen (secondary N) is 2. The molecule has 1 amide bonds. The second-order valence-electron chi connectivity index (χ2n) is 6.29. The number of anilines is 4. The zero-order chi connectivity index (χ0) is 20.2. The van der Waals surface area contributed by atoms with Crippen LogP contribution in [0.3, 0.4) is 0 Å². The maximum absolute atomic E-state index is 12.3. The van der Waals surface area contributed by atoms with Gasteiger partial charge in [0.25, 0.3) is 5.91 Å². The van der Waals surface area contributed by atoms with Gasteiger partial charge in [-0.1, -0.05) is 23.2 Å². The van der Waals surface area contributed by atoms with Crippen molar-refractivity contribution >= 4 is 63.3 Å². The lowest BCUT2D eigenvalue weighted by atomic mass is 10.2. The van der Waals surface area contributed by atoms with Crippen LogP contribution < -0.4 is 15.5 Å². The topological polar surface area (TPSA) is 79.4 Å². The molecule has 3 aromatic rings. The van der Waals surface area contributed by atoms with Crippen LogP contribution in [0.15, 0.2) is 42.6 Å². The van der Waals surface area contributed by atoms with Crippen LogP contribution in [0.4, 0.5) is 22.9 Å². The van der Waals surface area contributed by atoms with E-state index in [-0.39, 0.29) is 5.91 Å². The Kier molecular flexibility index (Phi) is 6.15.